The van der Waals surface area contributed by atoms with Crippen LogP contribution in [0, 0.1) is 5.92 Å². The fraction of sp³-hybridized carbons (Fsp3) is 0.400. The average molecular weight is 296 g/mol. The molecule has 0 spiro atoms. The van der Waals surface area contributed by atoms with Gasteiger partial charge in [-0.3, -0.25) is 9.36 Å². The molecule has 0 N–H and O–H groups in total. The molecule has 0 radical (unpaired) electrons. The first-order valence-corrected chi connectivity index (χ1v) is 8.18. The predicted octanol–water partition coefficient (Wildman–Crippen LogP) is 3.78. The average Bonchev–Trinajstić information content (AvgIpc) is 2.48. The van der Waals surface area contributed by atoms with Crippen LogP contribution in [0.5, 0.6) is 0 Å². The summed E-state index contributed by atoms with van der Waals surface area (Å²) in [4.78, 5) is 12.0. The maximum absolute atomic E-state index is 12.0. The Balaban J connectivity index is 2.50. The molecule has 0 aliphatic heterocycles. The van der Waals surface area contributed by atoms with Gasteiger partial charge in [-0.2, -0.15) is 0 Å². The molecule has 0 aliphatic rings. The van der Waals surface area contributed by atoms with Crippen LogP contribution in [0.15, 0.2) is 36.4 Å². The lowest BCUT2D eigenvalue weighted by Gasteiger charge is -2.14. The minimum absolute atomic E-state index is 0.116. The third-order valence-electron chi connectivity index (χ3n) is 3.05. The summed E-state index contributed by atoms with van der Waals surface area (Å²) < 4.78 is 21.4. The minimum atomic E-state index is -3.25. The van der Waals surface area contributed by atoms with Crippen molar-refractivity contribution >= 4 is 19.5 Å². The molecule has 1 aromatic rings. The molecular formula is C15H21O4P. The van der Waals surface area contributed by atoms with Crippen molar-refractivity contribution in [1.29, 1.82) is 0 Å². The monoisotopic (exact) mass is 296 g/mol. The van der Waals surface area contributed by atoms with Crippen molar-refractivity contribution in [2.45, 2.75) is 13.3 Å². The number of allylic oxidation sites excluding steroid dienone is 1. The first-order valence-electron chi connectivity index (χ1n) is 6.45. The largest absolute Gasteiger partial charge is 0.337 e. The summed E-state index contributed by atoms with van der Waals surface area (Å²) in [6.45, 7) is 1.81. The summed E-state index contributed by atoms with van der Waals surface area (Å²) in [6, 6.07) is 9.86. The number of rotatable bonds is 8. The van der Waals surface area contributed by atoms with Crippen molar-refractivity contribution in [2.75, 3.05) is 20.4 Å². The van der Waals surface area contributed by atoms with Gasteiger partial charge in [-0.05, 0) is 12.0 Å². The van der Waals surface area contributed by atoms with Gasteiger partial charge in [0.05, 0.1) is 0 Å². The van der Waals surface area contributed by atoms with E-state index in [0.717, 1.165) is 5.56 Å². The summed E-state index contributed by atoms with van der Waals surface area (Å²) in [5, 5.41) is 0. The quantitative estimate of drug-likeness (QED) is 0.685. The Morgan fingerprint density at radius 3 is 2.40 bits per heavy atom. The van der Waals surface area contributed by atoms with E-state index in [-0.39, 0.29) is 17.9 Å². The van der Waals surface area contributed by atoms with Crippen molar-refractivity contribution in [1.82, 2.24) is 0 Å². The van der Waals surface area contributed by atoms with E-state index >= 15 is 0 Å². The van der Waals surface area contributed by atoms with Crippen molar-refractivity contribution in [3.05, 3.63) is 42.0 Å². The van der Waals surface area contributed by atoms with Gasteiger partial charge < -0.3 is 9.05 Å². The van der Waals surface area contributed by atoms with Gasteiger partial charge >= 0.3 is 7.60 Å². The van der Waals surface area contributed by atoms with Crippen LogP contribution in [-0.2, 0) is 18.4 Å². The second kappa shape index (κ2) is 8.15. The number of hydrogen-bond acceptors (Lipinski definition) is 4. The normalized spacial score (nSPS) is 13.6. The van der Waals surface area contributed by atoms with E-state index in [1.54, 1.807) is 0 Å². The van der Waals surface area contributed by atoms with Crippen LogP contribution in [0.25, 0.3) is 6.08 Å². The topological polar surface area (TPSA) is 52.6 Å². The number of benzene rings is 1. The molecule has 1 rings (SSSR count). The zero-order valence-corrected chi connectivity index (χ0v) is 13.0. The van der Waals surface area contributed by atoms with E-state index < -0.39 is 7.60 Å². The third-order valence-corrected chi connectivity index (χ3v) is 4.87. The van der Waals surface area contributed by atoms with Gasteiger partial charge in [-0.15, -0.1) is 0 Å². The number of carbonyl (C=O) groups excluding carboxylic acids is 1. The number of ketones is 1. The first kappa shape index (κ1) is 16.8. The van der Waals surface area contributed by atoms with Crippen LogP contribution in [0.3, 0.4) is 0 Å². The molecule has 4 nitrogen and oxygen atoms in total. The van der Waals surface area contributed by atoms with Gasteiger partial charge in [0, 0.05) is 20.1 Å². The number of Topliss-reactive ketones (excluding diaryl/α,β-unsaturated/α-hetero) is 1. The number of hydrogen-bond donors (Lipinski definition) is 0. The smallest absolute Gasteiger partial charge is 0.312 e. The number of carbonyl (C=O) groups is 1. The second-order valence-electron chi connectivity index (χ2n) is 4.55. The van der Waals surface area contributed by atoms with E-state index in [1.165, 1.54) is 14.2 Å². The molecule has 1 atom stereocenters. The lowest BCUT2D eigenvalue weighted by molar-refractivity contribution is -0.120. The van der Waals surface area contributed by atoms with Crippen molar-refractivity contribution in [2.24, 2.45) is 5.92 Å². The van der Waals surface area contributed by atoms with Gasteiger partial charge in [0.15, 0.2) is 0 Å². The first-order chi connectivity index (χ1) is 9.50. The SMILES string of the molecule is COP(=O)(CC(=O)C(C)C/C=C/c1ccccc1)OC. The summed E-state index contributed by atoms with van der Waals surface area (Å²) in [7, 11) is -0.677. The Morgan fingerprint density at radius 1 is 1.25 bits per heavy atom. The summed E-state index contributed by atoms with van der Waals surface area (Å²) in [6.07, 6.45) is 4.33. The van der Waals surface area contributed by atoms with Crippen LogP contribution in [0.4, 0.5) is 0 Å². The zero-order chi connectivity index (χ0) is 15.0. The molecule has 110 valence electrons. The van der Waals surface area contributed by atoms with Crippen LogP contribution >= 0.6 is 7.60 Å². The lowest BCUT2D eigenvalue weighted by atomic mass is 10.0. The van der Waals surface area contributed by atoms with Crippen LogP contribution in [-0.4, -0.2) is 26.2 Å². The second-order valence-corrected chi connectivity index (χ2v) is 6.82. The molecule has 20 heavy (non-hydrogen) atoms. The van der Waals surface area contributed by atoms with E-state index in [0.29, 0.717) is 6.42 Å². The minimum Gasteiger partial charge on any atom is -0.312 e. The van der Waals surface area contributed by atoms with E-state index in [4.69, 9.17) is 9.05 Å². The maximum Gasteiger partial charge on any atom is 0.337 e. The molecule has 1 aromatic carbocycles. The van der Waals surface area contributed by atoms with Crippen molar-refractivity contribution < 1.29 is 18.4 Å². The molecular weight excluding hydrogens is 275 g/mol. The Kier molecular flexibility index (Phi) is 6.86. The van der Waals surface area contributed by atoms with Crippen molar-refractivity contribution in [3.8, 4) is 0 Å². The fourth-order valence-corrected chi connectivity index (χ4v) is 2.75. The van der Waals surface area contributed by atoms with Gasteiger partial charge in [0.25, 0.3) is 0 Å². The van der Waals surface area contributed by atoms with Crippen LogP contribution < -0.4 is 0 Å². The van der Waals surface area contributed by atoms with E-state index in [1.807, 2.05) is 49.4 Å². The van der Waals surface area contributed by atoms with Gasteiger partial charge in [0.1, 0.15) is 11.9 Å². The Hall–Kier alpha value is -1.22. The van der Waals surface area contributed by atoms with Gasteiger partial charge in [-0.1, -0.05) is 49.4 Å². The van der Waals surface area contributed by atoms with Crippen molar-refractivity contribution in [3.63, 3.8) is 0 Å². The highest BCUT2D eigenvalue weighted by Gasteiger charge is 2.27. The highest BCUT2D eigenvalue weighted by Crippen LogP contribution is 2.46. The molecule has 0 aliphatic carbocycles. The highest BCUT2D eigenvalue weighted by atomic mass is 31.2. The Morgan fingerprint density at radius 2 is 1.85 bits per heavy atom. The summed E-state index contributed by atoms with van der Waals surface area (Å²) in [5.74, 6) is -0.330. The Labute approximate surface area is 120 Å². The summed E-state index contributed by atoms with van der Waals surface area (Å²) in [5.41, 5.74) is 1.09. The third kappa shape index (κ3) is 5.41. The van der Waals surface area contributed by atoms with E-state index in [9.17, 15) is 9.36 Å². The Bertz CT molecular complexity index is 488. The summed E-state index contributed by atoms with van der Waals surface area (Å²) >= 11 is 0. The maximum atomic E-state index is 12.0. The molecule has 1 unspecified atom stereocenters. The van der Waals surface area contributed by atoms with E-state index in [2.05, 4.69) is 0 Å². The highest BCUT2D eigenvalue weighted by molar-refractivity contribution is 7.54. The molecule has 0 bridgehead atoms. The molecule has 0 saturated carbocycles. The lowest BCUT2D eigenvalue weighted by Crippen LogP contribution is -2.16. The molecule has 0 aromatic heterocycles. The molecule has 0 fully saturated rings. The fourth-order valence-electron chi connectivity index (χ4n) is 1.65. The molecule has 5 heteroatoms. The molecule has 0 saturated heterocycles. The zero-order valence-electron chi connectivity index (χ0n) is 12.1. The molecule has 0 heterocycles. The van der Waals surface area contributed by atoms with Crippen LogP contribution in [0.1, 0.15) is 18.9 Å². The van der Waals surface area contributed by atoms with Gasteiger partial charge in [-0.25, -0.2) is 0 Å². The van der Waals surface area contributed by atoms with Crippen LogP contribution in [0.2, 0.25) is 0 Å². The van der Waals surface area contributed by atoms with Gasteiger partial charge in [0.2, 0.25) is 0 Å². The predicted molar refractivity (Wildman–Crippen MR) is 80.8 cm³/mol. The molecule has 0 amide bonds. The standard InChI is InChI=1S/C15H21O4P/c1-13(15(16)12-20(17,18-2)19-3)8-7-11-14-9-5-4-6-10-14/h4-7,9-11,13H,8,12H2,1-3H3/b11-7+.